The molecule has 118 valence electrons. The lowest BCUT2D eigenvalue weighted by atomic mass is 10.1. The Bertz CT molecular complexity index is 815. The summed E-state index contributed by atoms with van der Waals surface area (Å²) in [5.74, 6) is -0.705. The Morgan fingerprint density at radius 1 is 1.45 bits per heavy atom. The van der Waals surface area contributed by atoms with Crippen LogP contribution in [-0.4, -0.2) is 27.9 Å². The van der Waals surface area contributed by atoms with E-state index in [4.69, 9.17) is 0 Å². The topological polar surface area (TPSA) is 116 Å². The van der Waals surface area contributed by atoms with Crippen LogP contribution in [0.15, 0.2) is 34.1 Å². The number of aromatic nitrogens is 1. The third-order valence-corrected chi connectivity index (χ3v) is 6.06. The first-order valence-electron chi connectivity index (χ1n) is 5.91. The molecule has 0 saturated heterocycles. The maximum Gasteiger partial charge on any atom is 0.209 e. The molecule has 0 radical (unpaired) electrons. The van der Waals surface area contributed by atoms with E-state index in [2.05, 4.69) is 9.71 Å². The van der Waals surface area contributed by atoms with E-state index in [0.717, 1.165) is 11.3 Å². The quantitative estimate of drug-likeness (QED) is 0.617. The second-order valence-electron chi connectivity index (χ2n) is 4.32. The highest BCUT2D eigenvalue weighted by atomic mass is 32.2. The molecular formula is C12H11N2O5S3-. The van der Waals surface area contributed by atoms with E-state index in [-0.39, 0.29) is 21.4 Å². The SMILES string of the molecule is CC(=O)c1ccc(NS(=O)[O-])c(CS(=O)(=O)c2nccs2)c1. The smallest absolute Gasteiger partial charge is 0.209 e. The first-order chi connectivity index (χ1) is 10.3. The van der Waals surface area contributed by atoms with Gasteiger partial charge in [-0.1, -0.05) is 0 Å². The predicted octanol–water partition coefficient (Wildman–Crippen LogP) is 1.53. The van der Waals surface area contributed by atoms with Crippen LogP contribution in [0, 0.1) is 0 Å². The van der Waals surface area contributed by atoms with Gasteiger partial charge >= 0.3 is 0 Å². The van der Waals surface area contributed by atoms with Gasteiger partial charge in [-0.15, -0.1) is 11.3 Å². The van der Waals surface area contributed by atoms with Crippen LogP contribution in [0.4, 0.5) is 5.69 Å². The zero-order chi connectivity index (χ0) is 16.3. The number of rotatable bonds is 6. The molecule has 0 bridgehead atoms. The lowest BCUT2D eigenvalue weighted by molar-refractivity contribution is 0.101. The summed E-state index contributed by atoms with van der Waals surface area (Å²) in [6, 6.07) is 4.15. The minimum atomic E-state index is -3.72. The number of nitrogens with one attached hydrogen (secondary N) is 1. The number of thiazole rings is 1. The van der Waals surface area contributed by atoms with E-state index in [9.17, 15) is 22.0 Å². The molecule has 10 heteroatoms. The van der Waals surface area contributed by atoms with Gasteiger partial charge in [-0.25, -0.2) is 13.4 Å². The Morgan fingerprint density at radius 2 is 2.18 bits per heavy atom. The zero-order valence-electron chi connectivity index (χ0n) is 11.3. The number of nitrogens with zero attached hydrogens (tertiary/aromatic N) is 1. The minimum Gasteiger partial charge on any atom is -0.755 e. The van der Waals surface area contributed by atoms with Gasteiger partial charge in [-0.2, -0.15) is 0 Å². The highest BCUT2D eigenvalue weighted by Gasteiger charge is 2.20. The third kappa shape index (κ3) is 3.97. The molecule has 1 aromatic heterocycles. The fraction of sp³-hybridized carbons (Fsp3) is 0.167. The van der Waals surface area contributed by atoms with Crippen molar-refractivity contribution in [3.63, 3.8) is 0 Å². The lowest BCUT2D eigenvalue weighted by Gasteiger charge is -2.14. The van der Waals surface area contributed by atoms with E-state index in [0.29, 0.717) is 5.56 Å². The van der Waals surface area contributed by atoms with Crippen LogP contribution in [-0.2, 0) is 26.9 Å². The molecule has 0 saturated carbocycles. The van der Waals surface area contributed by atoms with E-state index in [1.807, 2.05) is 0 Å². The van der Waals surface area contributed by atoms with Crippen molar-refractivity contribution in [2.45, 2.75) is 17.0 Å². The van der Waals surface area contributed by atoms with Gasteiger partial charge in [0.15, 0.2) is 5.78 Å². The van der Waals surface area contributed by atoms with Crippen LogP contribution in [0.1, 0.15) is 22.8 Å². The Morgan fingerprint density at radius 3 is 2.73 bits per heavy atom. The lowest BCUT2D eigenvalue weighted by Crippen LogP contribution is -2.10. The molecule has 1 atom stereocenters. The zero-order valence-corrected chi connectivity index (χ0v) is 13.8. The Labute approximate surface area is 133 Å². The number of benzene rings is 1. The molecule has 1 aromatic carbocycles. The Balaban J connectivity index is 2.45. The van der Waals surface area contributed by atoms with Crippen molar-refractivity contribution in [2.75, 3.05) is 4.72 Å². The number of hydrogen-bond donors (Lipinski definition) is 1. The van der Waals surface area contributed by atoms with Crippen molar-refractivity contribution < 1.29 is 22.0 Å². The van der Waals surface area contributed by atoms with Crippen LogP contribution in [0.25, 0.3) is 0 Å². The molecule has 1 heterocycles. The van der Waals surface area contributed by atoms with Crippen LogP contribution in [0.2, 0.25) is 0 Å². The summed E-state index contributed by atoms with van der Waals surface area (Å²) < 4.78 is 48.2. The second kappa shape index (κ2) is 6.65. The van der Waals surface area contributed by atoms with Gasteiger partial charge in [-0.3, -0.25) is 9.00 Å². The molecule has 1 unspecified atom stereocenters. The third-order valence-electron chi connectivity index (χ3n) is 2.73. The van der Waals surface area contributed by atoms with Crippen molar-refractivity contribution in [3.8, 4) is 0 Å². The molecule has 0 aliphatic carbocycles. The van der Waals surface area contributed by atoms with Crippen LogP contribution in [0.3, 0.4) is 0 Å². The molecule has 0 amide bonds. The number of ketones is 1. The van der Waals surface area contributed by atoms with Gasteiger partial charge in [0.25, 0.3) is 0 Å². The minimum absolute atomic E-state index is 0.0603. The van der Waals surface area contributed by atoms with E-state index in [1.165, 1.54) is 36.7 Å². The molecule has 7 nitrogen and oxygen atoms in total. The summed E-state index contributed by atoms with van der Waals surface area (Å²) in [6.45, 7) is 1.34. The molecular weight excluding hydrogens is 348 g/mol. The van der Waals surface area contributed by atoms with Gasteiger partial charge in [0.05, 0.1) is 5.75 Å². The number of hydrogen-bond acceptors (Lipinski definition) is 7. The highest BCUT2D eigenvalue weighted by Crippen LogP contribution is 2.25. The molecule has 1 N–H and O–H groups in total. The first-order valence-corrected chi connectivity index (χ1v) is 9.52. The summed E-state index contributed by atoms with van der Waals surface area (Å²) >= 11 is -1.63. The monoisotopic (exact) mass is 359 g/mol. The average molecular weight is 359 g/mol. The summed E-state index contributed by atoms with van der Waals surface area (Å²) in [4.78, 5) is 15.2. The van der Waals surface area contributed by atoms with Crippen LogP contribution in [0.5, 0.6) is 0 Å². The number of carbonyl (C=O) groups is 1. The summed E-state index contributed by atoms with van der Waals surface area (Å²) in [5.41, 5.74) is 0.595. The molecule has 0 spiro atoms. The molecule has 0 aliphatic rings. The van der Waals surface area contributed by atoms with Gasteiger partial charge in [-0.05, 0) is 30.7 Å². The van der Waals surface area contributed by atoms with Gasteiger partial charge in [0.1, 0.15) is 0 Å². The Hall–Kier alpha value is -1.62. The number of carbonyl (C=O) groups excluding carboxylic acids is 1. The van der Waals surface area contributed by atoms with Crippen molar-refractivity contribution in [3.05, 3.63) is 40.9 Å². The first kappa shape index (κ1) is 16.7. The maximum atomic E-state index is 12.3. The largest absolute Gasteiger partial charge is 0.755 e. The normalized spacial score (nSPS) is 12.8. The second-order valence-corrected chi connectivity index (χ2v) is 8.05. The number of Topliss-reactive ketones (excluding diaryl/α,β-unsaturated/α-hetero) is 1. The van der Waals surface area contributed by atoms with E-state index < -0.39 is 26.9 Å². The molecule has 22 heavy (non-hydrogen) atoms. The molecule has 2 aromatic rings. The number of anilines is 1. The summed E-state index contributed by atoms with van der Waals surface area (Å²) in [6.07, 6.45) is 1.37. The van der Waals surface area contributed by atoms with Gasteiger partial charge in [0.2, 0.25) is 14.2 Å². The van der Waals surface area contributed by atoms with Crippen molar-refractivity contribution in [1.82, 2.24) is 4.98 Å². The predicted molar refractivity (Wildman–Crippen MR) is 82.0 cm³/mol. The van der Waals surface area contributed by atoms with Crippen molar-refractivity contribution in [1.29, 1.82) is 0 Å². The summed E-state index contributed by atoms with van der Waals surface area (Å²) in [5, 5.41) is 1.53. The van der Waals surface area contributed by atoms with Crippen LogP contribution < -0.4 is 4.72 Å². The van der Waals surface area contributed by atoms with E-state index in [1.54, 1.807) is 0 Å². The average Bonchev–Trinajstić information content (AvgIpc) is 2.94. The molecule has 0 aliphatic heterocycles. The van der Waals surface area contributed by atoms with Gasteiger partial charge in [0, 0.05) is 34.1 Å². The van der Waals surface area contributed by atoms with Crippen molar-refractivity contribution >= 4 is 43.9 Å². The molecule has 2 rings (SSSR count). The van der Waals surface area contributed by atoms with E-state index >= 15 is 0 Å². The fourth-order valence-corrected chi connectivity index (χ4v) is 4.41. The fourth-order valence-electron chi connectivity index (χ4n) is 1.75. The molecule has 0 fully saturated rings. The maximum absolute atomic E-state index is 12.3. The Kier molecular flexibility index (Phi) is 5.06. The van der Waals surface area contributed by atoms with Crippen molar-refractivity contribution in [2.24, 2.45) is 0 Å². The summed E-state index contributed by atoms with van der Waals surface area (Å²) in [7, 11) is -3.72. The van der Waals surface area contributed by atoms with Crippen LogP contribution >= 0.6 is 11.3 Å². The number of sulfone groups is 1. The highest BCUT2D eigenvalue weighted by molar-refractivity contribution is 7.92. The standard InChI is InChI=1S/C12H12N2O5S3/c1-8(15)9-2-3-11(14-21(16)17)10(6-9)7-22(18,19)12-13-4-5-20-12/h2-6,14H,7H2,1H3,(H,16,17)/p-1. The van der Waals surface area contributed by atoms with Gasteiger partial charge < -0.3 is 9.27 Å².